The van der Waals surface area contributed by atoms with Crippen LogP contribution in [0.4, 0.5) is 8.78 Å². The number of allylic oxidation sites excluding steroid dienone is 1. The number of hydrogen-bond donors (Lipinski definition) is 0. The van der Waals surface area contributed by atoms with Gasteiger partial charge in [0.25, 0.3) is 6.08 Å². The van der Waals surface area contributed by atoms with Crippen molar-refractivity contribution in [1.29, 1.82) is 0 Å². The van der Waals surface area contributed by atoms with Crippen molar-refractivity contribution in [2.24, 2.45) is 5.92 Å². The summed E-state index contributed by atoms with van der Waals surface area (Å²) in [6.45, 7) is 6.54. The predicted molar refractivity (Wildman–Crippen MR) is 116 cm³/mol. The number of fused-ring (bicyclic) bond motifs is 1. The normalized spacial score (nSPS) is 12.4. The Kier molecular flexibility index (Phi) is 6.61. The second kappa shape index (κ2) is 9.14. The van der Waals surface area contributed by atoms with Crippen LogP contribution in [-0.4, -0.2) is 0 Å². The molecule has 0 aliphatic carbocycles. The lowest BCUT2D eigenvalue weighted by Gasteiger charge is -2.15. The first-order valence-electron chi connectivity index (χ1n) is 10.1. The van der Waals surface area contributed by atoms with Crippen molar-refractivity contribution in [3.63, 3.8) is 0 Å². The van der Waals surface area contributed by atoms with E-state index < -0.39 is 6.08 Å². The molecule has 0 saturated carbocycles. The number of benzene rings is 3. The van der Waals surface area contributed by atoms with E-state index in [2.05, 4.69) is 45.0 Å². The van der Waals surface area contributed by atoms with Gasteiger partial charge in [-0.3, -0.25) is 0 Å². The summed E-state index contributed by atoms with van der Waals surface area (Å²) in [5.41, 5.74) is 3.33. The summed E-state index contributed by atoms with van der Waals surface area (Å²) >= 11 is 0. The van der Waals surface area contributed by atoms with E-state index in [1.807, 2.05) is 42.5 Å². The van der Waals surface area contributed by atoms with Gasteiger partial charge in [-0.05, 0) is 64.6 Å². The lowest BCUT2D eigenvalue weighted by atomic mass is 9.90. The first-order valence-corrected chi connectivity index (χ1v) is 10.1. The Balaban J connectivity index is 1.71. The minimum Gasteiger partial charge on any atom is -0.173 e. The molecule has 0 aliphatic heterocycles. The quantitative estimate of drug-likeness (QED) is 0.388. The molecule has 0 spiro atoms. The molecule has 0 unspecified atom stereocenters. The van der Waals surface area contributed by atoms with Crippen LogP contribution in [0.1, 0.15) is 56.2 Å². The Morgan fingerprint density at radius 2 is 1.50 bits per heavy atom. The zero-order valence-corrected chi connectivity index (χ0v) is 16.9. The molecule has 0 N–H and O–H groups in total. The second-order valence-electron chi connectivity index (χ2n) is 8.08. The highest BCUT2D eigenvalue weighted by molar-refractivity contribution is 5.86. The SMILES string of the molecule is CC(C)Cc1ccc([C@@H](C)CCC(=C(F)F)c2ccc3ccccc3c2)cc1. The van der Waals surface area contributed by atoms with Crippen molar-refractivity contribution in [3.05, 3.63) is 89.5 Å². The predicted octanol–water partition coefficient (Wildman–Crippen LogP) is 8.23. The average molecular weight is 379 g/mol. The number of halogens is 2. The Hall–Kier alpha value is -2.48. The van der Waals surface area contributed by atoms with Crippen LogP contribution < -0.4 is 0 Å². The summed E-state index contributed by atoms with van der Waals surface area (Å²) in [6.07, 6.45) is 0.560. The van der Waals surface area contributed by atoms with E-state index in [9.17, 15) is 8.78 Å². The van der Waals surface area contributed by atoms with Crippen molar-refractivity contribution in [3.8, 4) is 0 Å². The van der Waals surface area contributed by atoms with Crippen LogP contribution in [0.25, 0.3) is 16.3 Å². The van der Waals surface area contributed by atoms with Gasteiger partial charge in [0, 0.05) is 5.57 Å². The van der Waals surface area contributed by atoms with Crippen molar-refractivity contribution in [1.82, 2.24) is 0 Å². The van der Waals surface area contributed by atoms with E-state index in [4.69, 9.17) is 0 Å². The highest BCUT2D eigenvalue weighted by Crippen LogP contribution is 2.32. The van der Waals surface area contributed by atoms with Crippen LogP contribution in [-0.2, 0) is 6.42 Å². The Labute approximate surface area is 166 Å². The molecule has 0 fully saturated rings. The van der Waals surface area contributed by atoms with Gasteiger partial charge >= 0.3 is 0 Å². The molecule has 0 nitrogen and oxygen atoms in total. The molecule has 3 aromatic carbocycles. The summed E-state index contributed by atoms with van der Waals surface area (Å²) in [5, 5.41) is 2.06. The first-order chi connectivity index (χ1) is 13.4. The molecule has 0 aromatic heterocycles. The molecule has 1 atom stereocenters. The van der Waals surface area contributed by atoms with Crippen LogP contribution in [0.2, 0.25) is 0 Å². The minimum atomic E-state index is -1.57. The first kappa shape index (κ1) is 20.3. The Morgan fingerprint density at radius 3 is 2.14 bits per heavy atom. The fourth-order valence-corrected chi connectivity index (χ4v) is 3.71. The minimum absolute atomic E-state index is 0.161. The monoisotopic (exact) mass is 378 g/mol. The lowest BCUT2D eigenvalue weighted by molar-refractivity contribution is 0.422. The van der Waals surface area contributed by atoms with Gasteiger partial charge in [-0.25, -0.2) is 0 Å². The zero-order valence-electron chi connectivity index (χ0n) is 16.9. The average Bonchev–Trinajstić information content (AvgIpc) is 2.67. The highest BCUT2D eigenvalue weighted by Gasteiger charge is 2.14. The molecule has 3 rings (SSSR count). The van der Waals surface area contributed by atoms with E-state index in [1.165, 1.54) is 11.1 Å². The van der Waals surface area contributed by atoms with Gasteiger partial charge in [0.15, 0.2) is 0 Å². The zero-order chi connectivity index (χ0) is 20.1. The van der Waals surface area contributed by atoms with Gasteiger partial charge in [0.2, 0.25) is 0 Å². The summed E-state index contributed by atoms with van der Waals surface area (Å²) in [4.78, 5) is 0. The maximum atomic E-state index is 13.7. The van der Waals surface area contributed by atoms with Gasteiger partial charge < -0.3 is 0 Å². The molecular weight excluding hydrogens is 350 g/mol. The summed E-state index contributed by atoms with van der Waals surface area (Å²) < 4.78 is 27.4. The molecule has 2 heteroatoms. The van der Waals surface area contributed by atoms with Crippen molar-refractivity contribution < 1.29 is 8.78 Å². The van der Waals surface area contributed by atoms with Crippen molar-refractivity contribution >= 4 is 16.3 Å². The van der Waals surface area contributed by atoms with E-state index in [0.29, 0.717) is 24.3 Å². The van der Waals surface area contributed by atoms with Crippen LogP contribution in [0, 0.1) is 5.92 Å². The van der Waals surface area contributed by atoms with Crippen LogP contribution in [0.5, 0.6) is 0 Å². The van der Waals surface area contributed by atoms with Gasteiger partial charge in [0.05, 0.1) is 0 Å². The van der Waals surface area contributed by atoms with E-state index in [1.54, 1.807) is 0 Å². The maximum absolute atomic E-state index is 13.7. The molecule has 0 bridgehead atoms. The molecule has 146 valence electrons. The van der Waals surface area contributed by atoms with Gasteiger partial charge in [0.1, 0.15) is 0 Å². The third-order valence-corrected chi connectivity index (χ3v) is 5.35. The Bertz CT molecular complexity index is 948. The summed E-state index contributed by atoms with van der Waals surface area (Å²) in [5.74, 6) is 0.869. The van der Waals surface area contributed by atoms with Gasteiger partial charge in [-0.1, -0.05) is 81.4 Å². The summed E-state index contributed by atoms with van der Waals surface area (Å²) in [7, 11) is 0. The standard InChI is InChI=1S/C26H28F2/c1-18(2)16-20-9-11-21(12-10-20)19(3)8-15-25(26(27)28)24-14-13-22-6-4-5-7-23(22)17-24/h4-7,9-14,17-19H,8,15-16H2,1-3H3/t19-/m0/s1. The third-order valence-electron chi connectivity index (χ3n) is 5.35. The molecule has 3 aromatic rings. The molecular formula is C26H28F2. The highest BCUT2D eigenvalue weighted by atomic mass is 19.3. The van der Waals surface area contributed by atoms with E-state index >= 15 is 0 Å². The topological polar surface area (TPSA) is 0 Å². The molecule has 0 saturated heterocycles. The molecule has 0 radical (unpaired) electrons. The fraction of sp³-hybridized carbons (Fsp3) is 0.308. The summed E-state index contributed by atoms with van der Waals surface area (Å²) in [6, 6.07) is 22.1. The number of rotatable bonds is 7. The number of hydrogen-bond acceptors (Lipinski definition) is 0. The van der Waals surface area contributed by atoms with E-state index in [0.717, 1.165) is 17.2 Å². The third kappa shape index (κ3) is 5.07. The molecule has 28 heavy (non-hydrogen) atoms. The van der Waals surface area contributed by atoms with Crippen molar-refractivity contribution in [2.75, 3.05) is 0 Å². The van der Waals surface area contributed by atoms with Crippen LogP contribution in [0.15, 0.2) is 72.8 Å². The maximum Gasteiger partial charge on any atom is 0.274 e. The lowest BCUT2D eigenvalue weighted by Crippen LogP contribution is -1.98. The molecule has 0 amide bonds. The van der Waals surface area contributed by atoms with Gasteiger partial charge in [-0.2, -0.15) is 8.78 Å². The largest absolute Gasteiger partial charge is 0.274 e. The smallest absolute Gasteiger partial charge is 0.173 e. The van der Waals surface area contributed by atoms with Crippen molar-refractivity contribution in [2.45, 2.75) is 46.0 Å². The van der Waals surface area contributed by atoms with Gasteiger partial charge in [-0.15, -0.1) is 0 Å². The second-order valence-corrected chi connectivity index (χ2v) is 8.08. The van der Waals surface area contributed by atoms with E-state index in [-0.39, 0.29) is 11.5 Å². The molecule has 0 aliphatic rings. The van der Waals surface area contributed by atoms with Crippen LogP contribution in [0.3, 0.4) is 0 Å². The molecule has 0 heterocycles. The Morgan fingerprint density at radius 1 is 0.821 bits per heavy atom. The fourth-order valence-electron chi connectivity index (χ4n) is 3.71. The van der Waals surface area contributed by atoms with Crippen LogP contribution >= 0.6 is 0 Å².